The molecule has 0 spiro atoms. The number of oxazole rings is 2. The monoisotopic (exact) mass is 421 g/mol. The summed E-state index contributed by atoms with van der Waals surface area (Å²) in [5.41, 5.74) is -0.610. The molecule has 0 unspecified atom stereocenters. The highest BCUT2D eigenvalue weighted by molar-refractivity contribution is 5.93. The highest BCUT2D eigenvalue weighted by atomic mass is 19.3. The predicted octanol–water partition coefficient (Wildman–Crippen LogP) is 3.54. The maximum atomic E-state index is 14.1. The summed E-state index contributed by atoms with van der Waals surface area (Å²) in [6.45, 7) is 0.0613. The lowest BCUT2D eigenvalue weighted by molar-refractivity contribution is 0.0620. The number of benzene rings is 1. The molecule has 1 aliphatic heterocycles. The molecular weight excluding hydrogens is 410 g/mol. The first-order valence-electron chi connectivity index (χ1n) is 8.74. The van der Waals surface area contributed by atoms with Crippen molar-refractivity contribution in [3.63, 3.8) is 0 Å². The van der Waals surface area contributed by atoms with Crippen LogP contribution in [0.4, 0.5) is 17.6 Å². The van der Waals surface area contributed by atoms with Crippen molar-refractivity contribution < 1.29 is 31.2 Å². The molecule has 12 heteroatoms. The van der Waals surface area contributed by atoms with Gasteiger partial charge in [-0.2, -0.15) is 0 Å². The van der Waals surface area contributed by atoms with E-state index in [2.05, 4.69) is 19.9 Å². The number of nitrogens with zero attached hydrogens (tertiary/aromatic N) is 4. The number of rotatable bonds is 3. The van der Waals surface area contributed by atoms with Crippen LogP contribution in [0.3, 0.4) is 0 Å². The molecule has 5 rings (SSSR count). The minimum Gasteiger partial charge on any atom is -0.438 e. The maximum absolute atomic E-state index is 14.1. The zero-order valence-corrected chi connectivity index (χ0v) is 14.9. The van der Waals surface area contributed by atoms with Crippen molar-refractivity contribution in [2.75, 3.05) is 6.54 Å². The van der Waals surface area contributed by atoms with Gasteiger partial charge in [0.25, 0.3) is 12.3 Å². The van der Waals surface area contributed by atoms with E-state index < -0.39 is 47.0 Å². The highest BCUT2D eigenvalue weighted by Crippen LogP contribution is 2.37. The molecule has 1 N–H and O–H groups in total. The Morgan fingerprint density at radius 1 is 1.23 bits per heavy atom. The summed E-state index contributed by atoms with van der Waals surface area (Å²) in [6, 6.07) is 0.672. The molecule has 0 fully saturated rings. The van der Waals surface area contributed by atoms with Gasteiger partial charge in [0.05, 0.1) is 12.0 Å². The molecule has 1 atom stereocenters. The number of carbonyl (C=O) groups is 1. The smallest absolute Gasteiger partial charge is 0.292 e. The molecule has 1 aliphatic rings. The molecule has 4 aromatic rings. The maximum Gasteiger partial charge on any atom is 0.292 e. The van der Waals surface area contributed by atoms with Crippen LogP contribution >= 0.6 is 0 Å². The Hall–Kier alpha value is -3.70. The van der Waals surface area contributed by atoms with Gasteiger partial charge >= 0.3 is 0 Å². The molecule has 154 valence electrons. The van der Waals surface area contributed by atoms with Gasteiger partial charge in [-0.3, -0.25) is 4.79 Å². The highest BCUT2D eigenvalue weighted by Gasteiger charge is 2.40. The summed E-state index contributed by atoms with van der Waals surface area (Å²) in [5.74, 6) is -3.40. The number of alkyl halides is 2. The molecule has 3 aromatic heterocycles. The first-order valence-corrected chi connectivity index (χ1v) is 8.74. The second-order valence-corrected chi connectivity index (χ2v) is 6.54. The molecule has 0 saturated carbocycles. The Bertz CT molecular complexity index is 1220. The van der Waals surface area contributed by atoms with Gasteiger partial charge in [0.2, 0.25) is 11.7 Å². The van der Waals surface area contributed by atoms with E-state index in [1.165, 1.54) is 6.33 Å². The molecular formula is C18H11F4N5O3. The first kappa shape index (κ1) is 18.3. The van der Waals surface area contributed by atoms with Crippen LogP contribution in [0.2, 0.25) is 0 Å². The van der Waals surface area contributed by atoms with Gasteiger partial charge in [-0.15, -0.1) is 0 Å². The van der Waals surface area contributed by atoms with E-state index in [0.29, 0.717) is 17.8 Å². The van der Waals surface area contributed by atoms with Gasteiger partial charge in [0.1, 0.15) is 5.52 Å². The van der Waals surface area contributed by atoms with Gasteiger partial charge in [0.15, 0.2) is 35.3 Å². The number of hydrogen-bond donors (Lipinski definition) is 1. The fraction of sp³-hybridized carbons (Fsp3) is 0.222. The van der Waals surface area contributed by atoms with Crippen molar-refractivity contribution in [1.82, 2.24) is 24.8 Å². The quantitative estimate of drug-likeness (QED) is 0.508. The normalized spacial score (nSPS) is 16.4. The second kappa shape index (κ2) is 6.68. The van der Waals surface area contributed by atoms with Crippen LogP contribution in [0.25, 0.3) is 11.1 Å². The molecule has 0 radical (unpaired) electrons. The lowest BCUT2D eigenvalue weighted by atomic mass is 10.0. The Morgan fingerprint density at radius 3 is 2.80 bits per heavy atom. The van der Waals surface area contributed by atoms with Crippen LogP contribution in [-0.2, 0) is 6.42 Å². The molecule has 8 nitrogen and oxygen atoms in total. The zero-order chi connectivity index (χ0) is 21.0. The van der Waals surface area contributed by atoms with Crippen LogP contribution in [0.15, 0.2) is 33.7 Å². The fourth-order valence-corrected chi connectivity index (χ4v) is 3.52. The van der Waals surface area contributed by atoms with Crippen molar-refractivity contribution in [3.8, 4) is 0 Å². The molecule has 4 heterocycles. The zero-order valence-electron chi connectivity index (χ0n) is 14.9. The number of fused-ring (bicyclic) bond motifs is 2. The molecule has 30 heavy (non-hydrogen) atoms. The van der Waals surface area contributed by atoms with Gasteiger partial charge in [0, 0.05) is 18.7 Å². The third-order valence-electron chi connectivity index (χ3n) is 4.88. The summed E-state index contributed by atoms with van der Waals surface area (Å²) < 4.78 is 65.0. The molecule has 1 aromatic carbocycles. The number of halogens is 4. The largest absolute Gasteiger partial charge is 0.438 e. The molecule has 0 bridgehead atoms. The standard InChI is InChI=1S/C18H11F4N5O3/c19-7-1-2-8(20)14-10(7)26-17(30-14)13-11-9(23-5-24-11)3-4-27(13)18(28)15-12(16(21)22)25-6-29-15/h1-2,5-6,13,16H,3-4H2,(H,23,24)/t13-/m0/s1. The lowest BCUT2D eigenvalue weighted by Gasteiger charge is -2.32. The van der Waals surface area contributed by atoms with E-state index in [0.717, 1.165) is 23.4 Å². The van der Waals surface area contributed by atoms with Crippen molar-refractivity contribution in [1.29, 1.82) is 0 Å². The minimum absolute atomic E-state index is 0.0613. The Kier molecular flexibility index (Phi) is 4.08. The third kappa shape index (κ3) is 2.67. The van der Waals surface area contributed by atoms with E-state index in [9.17, 15) is 22.4 Å². The van der Waals surface area contributed by atoms with E-state index in [1.54, 1.807) is 0 Å². The summed E-state index contributed by atoms with van der Waals surface area (Å²) >= 11 is 0. The van der Waals surface area contributed by atoms with Crippen LogP contribution in [-0.4, -0.2) is 37.3 Å². The number of nitrogens with one attached hydrogen (secondary N) is 1. The van der Waals surface area contributed by atoms with Gasteiger partial charge in [-0.1, -0.05) is 0 Å². The van der Waals surface area contributed by atoms with Crippen LogP contribution < -0.4 is 0 Å². The summed E-state index contributed by atoms with van der Waals surface area (Å²) in [6.07, 6.45) is -0.565. The van der Waals surface area contributed by atoms with Crippen molar-refractivity contribution in [2.45, 2.75) is 18.9 Å². The Labute approximate surface area is 164 Å². The van der Waals surface area contributed by atoms with Gasteiger partial charge in [-0.05, 0) is 12.1 Å². The summed E-state index contributed by atoms with van der Waals surface area (Å²) in [5, 5.41) is 0. The number of carbonyl (C=O) groups excluding carboxylic acids is 1. The van der Waals surface area contributed by atoms with E-state index >= 15 is 0 Å². The third-order valence-corrected chi connectivity index (χ3v) is 4.88. The van der Waals surface area contributed by atoms with E-state index in [1.807, 2.05) is 0 Å². The summed E-state index contributed by atoms with van der Waals surface area (Å²) in [4.78, 5) is 28.7. The Morgan fingerprint density at radius 2 is 2.03 bits per heavy atom. The summed E-state index contributed by atoms with van der Waals surface area (Å²) in [7, 11) is 0. The number of H-pyrrole nitrogens is 1. The predicted molar refractivity (Wildman–Crippen MR) is 90.6 cm³/mol. The van der Waals surface area contributed by atoms with Crippen molar-refractivity contribution >= 4 is 17.0 Å². The number of aromatic nitrogens is 4. The van der Waals surface area contributed by atoms with E-state index in [4.69, 9.17) is 8.83 Å². The van der Waals surface area contributed by atoms with E-state index in [-0.39, 0.29) is 18.0 Å². The first-order chi connectivity index (χ1) is 14.5. The van der Waals surface area contributed by atoms with Crippen LogP contribution in [0.5, 0.6) is 0 Å². The Balaban J connectivity index is 1.65. The lowest BCUT2D eigenvalue weighted by Crippen LogP contribution is -2.41. The number of amides is 1. The number of hydrogen-bond acceptors (Lipinski definition) is 6. The fourth-order valence-electron chi connectivity index (χ4n) is 3.52. The second-order valence-electron chi connectivity index (χ2n) is 6.54. The van der Waals surface area contributed by atoms with Crippen molar-refractivity contribution in [2.24, 2.45) is 0 Å². The van der Waals surface area contributed by atoms with Crippen LogP contribution in [0, 0.1) is 11.6 Å². The SMILES string of the molecule is O=C(c1ocnc1C(F)F)N1CCc2[nH]cnc2[C@H]1c1nc2c(F)ccc(F)c2o1. The molecule has 1 amide bonds. The molecule has 0 saturated heterocycles. The average molecular weight is 421 g/mol. The van der Waals surface area contributed by atoms with Gasteiger partial charge in [-0.25, -0.2) is 32.5 Å². The number of aromatic amines is 1. The van der Waals surface area contributed by atoms with Crippen molar-refractivity contribution in [3.05, 3.63) is 65.2 Å². The van der Waals surface area contributed by atoms with Gasteiger partial charge < -0.3 is 18.7 Å². The van der Waals surface area contributed by atoms with Crippen LogP contribution in [0.1, 0.15) is 46.0 Å². The molecule has 0 aliphatic carbocycles. The topological polar surface area (TPSA) is 101 Å². The average Bonchev–Trinajstić information content (AvgIpc) is 3.48. The number of imidazole rings is 1. The minimum atomic E-state index is -3.03.